The molecule has 2 amide bonds. The number of halogens is 1. The maximum Gasteiger partial charge on any atom is 0.233 e. The van der Waals surface area contributed by atoms with Crippen LogP contribution in [0.4, 0.5) is 0 Å². The van der Waals surface area contributed by atoms with Crippen LogP contribution < -0.4 is 0 Å². The number of aryl methyl sites for hydroxylation is 1. The zero-order valence-corrected chi connectivity index (χ0v) is 13.7. The number of aromatic nitrogens is 2. The third-order valence-electron chi connectivity index (χ3n) is 4.14. The van der Waals surface area contributed by atoms with Crippen molar-refractivity contribution in [2.45, 2.75) is 19.3 Å². The van der Waals surface area contributed by atoms with Gasteiger partial charge in [0.25, 0.3) is 0 Å². The smallest absolute Gasteiger partial charge is 0.233 e. The van der Waals surface area contributed by atoms with E-state index < -0.39 is 0 Å². The highest BCUT2D eigenvalue weighted by Crippen LogP contribution is 2.24. The van der Waals surface area contributed by atoms with E-state index in [1.54, 1.807) is 10.9 Å². The van der Waals surface area contributed by atoms with Crippen molar-refractivity contribution >= 4 is 23.4 Å². The van der Waals surface area contributed by atoms with Crippen LogP contribution in [0.2, 0.25) is 5.02 Å². The molecule has 0 N–H and O–H groups in total. The summed E-state index contributed by atoms with van der Waals surface area (Å²) in [5.74, 6) is -0.472. The van der Waals surface area contributed by atoms with Gasteiger partial charge >= 0.3 is 0 Å². The van der Waals surface area contributed by atoms with Crippen molar-refractivity contribution in [2.75, 3.05) is 6.54 Å². The Kier molecular flexibility index (Phi) is 4.48. The molecule has 1 aliphatic rings. The third-order valence-corrected chi connectivity index (χ3v) is 4.51. The first kappa shape index (κ1) is 15.7. The summed E-state index contributed by atoms with van der Waals surface area (Å²) in [6, 6.07) is 7.50. The van der Waals surface area contributed by atoms with E-state index in [1.807, 2.05) is 37.5 Å². The number of hydrogen-bond donors (Lipinski definition) is 0. The summed E-state index contributed by atoms with van der Waals surface area (Å²) in [7, 11) is 1.83. The molecule has 0 radical (unpaired) electrons. The zero-order valence-electron chi connectivity index (χ0n) is 12.9. The Bertz CT molecular complexity index is 741. The van der Waals surface area contributed by atoms with Gasteiger partial charge in [-0.1, -0.05) is 29.8 Å². The van der Waals surface area contributed by atoms with Crippen molar-refractivity contribution in [2.24, 2.45) is 13.0 Å². The van der Waals surface area contributed by atoms with E-state index >= 15 is 0 Å². The van der Waals surface area contributed by atoms with E-state index in [-0.39, 0.29) is 24.2 Å². The molecule has 0 aliphatic carbocycles. The standard InChI is InChI=1S/C17H18ClN3O2/c1-20-11-12(10-19-20)8-14-9-16(22)21(17(14)23)7-6-13-4-2-3-5-15(13)18/h2-5,10-11,14H,6-9H2,1H3/t14-/m1/s1. The minimum atomic E-state index is -0.280. The number of carbonyl (C=O) groups is 2. The van der Waals surface area contributed by atoms with Crippen LogP contribution in [-0.2, 0) is 29.5 Å². The second-order valence-electron chi connectivity index (χ2n) is 5.85. The van der Waals surface area contributed by atoms with Crippen LogP contribution in [0.15, 0.2) is 36.7 Å². The van der Waals surface area contributed by atoms with E-state index in [4.69, 9.17) is 11.6 Å². The van der Waals surface area contributed by atoms with Gasteiger partial charge in [-0.3, -0.25) is 19.2 Å². The highest BCUT2D eigenvalue weighted by molar-refractivity contribution is 6.31. The third kappa shape index (κ3) is 3.45. The highest BCUT2D eigenvalue weighted by atomic mass is 35.5. The van der Waals surface area contributed by atoms with Crippen molar-refractivity contribution in [1.29, 1.82) is 0 Å². The molecule has 6 heteroatoms. The van der Waals surface area contributed by atoms with Crippen LogP contribution in [-0.4, -0.2) is 33.0 Å². The molecule has 0 saturated carbocycles. The number of carbonyl (C=O) groups excluding carboxylic acids is 2. The summed E-state index contributed by atoms with van der Waals surface area (Å²) in [6.07, 6.45) is 5.03. The fourth-order valence-corrected chi connectivity index (χ4v) is 3.17. The van der Waals surface area contributed by atoms with E-state index in [9.17, 15) is 9.59 Å². The number of rotatable bonds is 5. The molecule has 1 atom stereocenters. The molecule has 3 rings (SSSR count). The lowest BCUT2D eigenvalue weighted by Gasteiger charge is -2.15. The van der Waals surface area contributed by atoms with Crippen molar-refractivity contribution in [1.82, 2.24) is 14.7 Å². The maximum atomic E-state index is 12.5. The summed E-state index contributed by atoms with van der Waals surface area (Å²) in [5.41, 5.74) is 1.93. The molecule has 23 heavy (non-hydrogen) atoms. The first-order valence-electron chi connectivity index (χ1n) is 7.59. The van der Waals surface area contributed by atoms with Gasteiger partial charge in [-0.25, -0.2) is 0 Å². The second kappa shape index (κ2) is 6.54. The predicted octanol–water partition coefficient (Wildman–Crippen LogP) is 2.23. The molecule has 1 aliphatic heterocycles. The zero-order chi connectivity index (χ0) is 16.4. The quantitative estimate of drug-likeness (QED) is 0.789. The summed E-state index contributed by atoms with van der Waals surface area (Å²) >= 11 is 6.12. The first-order chi connectivity index (χ1) is 11.0. The number of likely N-dealkylation sites (tertiary alicyclic amines) is 1. The minimum absolute atomic E-state index is 0.0918. The Morgan fingerprint density at radius 3 is 2.78 bits per heavy atom. The molecule has 1 fully saturated rings. The molecule has 5 nitrogen and oxygen atoms in total. The van der Waals surface area contributed by atoms with E-state index in [2.05, 4.69) is 5.10 Å². The molecular weight excluding hydrogens is 314 g/mol. The fraction of sp³-hybridized carbons (Fsp3) is 0.353. The lowest BCUT2D eigenvalue weighted by atomic mass is 10.0. The second-order valence-corrected chi connectivity index (χ2v) is 6.26. The largest absolute Gasteiger partial charge is 0.282 e. The van der Waals surface area contributed by atoms with Crippen molar-refractivity contribution < 1.29 is 9.59 Å². The Morgan fingerprint density at radius 2 is 2.09 bits per heavy atom. The van der Waals surface area contributed by atoms with Gasteiger partial charge in [0.05, 0.1) is 12.1 Å². The van der Waals surface area contributed by atoms with E-state index in [1.165, 1.54) is 4.90 Å². The molecule has 0 unspecified atom stereocenters. The molecular formula is C17H18ClN3O2. The number of imide groups is 1. The summed E-state index contributed by atoms with van der Waals surface area (Å²) in [6.45, 7) is 0.380. The average molecular weight is 332 g/mol. The SMILES string of the molecule is Cn1cc(C[C@@H]2CC(=O)N(CCc3ccccc3Cl)C2=O)cn1. The topological polar surface area (TPSA) is 55.2 Å². The molecule has 2 aromatic rings. The lowest BCUT2D eigenvalue weighted by Crippen LogP contribution is -2.33. The normalized spacial score (nSPS) is 18.0. The van der Waals surface area contributed by atoms with Crippen molar-refractivity contribution in [3.63, 3.8) is 0 Å². The molecule has 1 saturated heterocycles. The van der Waals surface area contributed by atoms with E-state index in [0.29, 0.717) is 24.4 Å². The number of amides is 2. The van der Waals surface area contributed by atoms with Gasteiger partial charge in [0, 0.05) is 31.2 Å². The summed E-state index contributed by atoms with van der Waals surface area (Å²) in [5, 5.41) is 4.76. The minimum Gasteiger partial charge on any atom is -0.282 e. The Morgan fingerprint density at radius 1 is 1.30 bits per heavy atom. The molecule has 2 heterocycles. The predicted molar refractivity (Wildman–Crippen MR) is 86.9 cm³/mol. The van der Waals surface area contributed by atoms with Crippen LogP contribution in [0.25, 0.3) is 0 Å². The van der Waals surface area contributed by atoms with Crippen LogP contribution in [0.3, 0.4) is 0 Å². The van der Waals surface area contributed by atoms with Crippen molar-refractivity contribution in [3.05, 3.63) is 52.8 Å². The lowest BCUT2D eigenvalue weighted by molar-refractivity contribution is -0.139. The Labute approximate surface area is 139 Å². The average Bonchev–Trinajstić information content (AvgIpc) is 3.04. The highest BCUT2D eigenvalue weighted by Gasteiger charge is 2.38. The van der Waals surface area contributed by atoms with Crippen LogP contribution in [0.1, 0.15) is 17.5 Å². The molecule has 1 aromatic carbocycles. The van der Waals surface area contributed by atoms with Gasteiger partial charge in [0.1, 0.15) is 0 Å². The van der Waals surface area contributed by atoms with Gasteiger partial charge in [-0.2, -0.15) is 5.10 Å². The Hall–Kier alpha value is -2.14. The monoisotopic (exact) mass is 331 g/mol. The van der Waals surface area contributed by atoms with Gasteiger partial charge in [0.2, 0.25) is 11.8 Å². The van der Waals surface area contributed by atoms with E-state index in [0.717, 1.165) is 11.1 Å². The van der Waals surface area contributed by atoms with Gasteiger partial charge in [-0.05, 0) is 30.0 Å². The summed E-state index contributed by atoms with van der Waals surface area (Å²) < 4.78 is 1.70. The van der Waals surface area contributed by atoms with Gasteiger partial charge < -0.3 is 0 Å². The van der Waals surface area contributed by atoms with Gasteiger partial charge in [-0.15, -0.1) is 0 Å². The number of benzene rings is 1. The Balaban J connectivity index is 1.63. The fourth-order valence-electron chi connectivity index (χ4n) is 2.94. The van der Waals surface area contributed by atoms with Crippen LogP contribution in [0, 0.1) is 5.92 Å². The molecule has 1 aromatic heterocycles. The van der Waals surface area contributed by atoms with Crippen LogP contribution in [0.5, 0.6) is 0 Å². The maximum absolute atomic E-state index is 12.5. The molecule has 0 spiro atoms. The number of hydrogen-bond acceptors (Lipinski definition) is 3. The van der Waals surface area contributed by atoms with Crippen molar-refractivity contribution in [3.8, 4) is 0 Å². The summed E-state index contributed by atoms with van der Waals surface area (Å²) in [4.78, 5) is 26.0. The van der Waals surface area contributed by atoms with Crippen LogP contribution >= 0.6 is 11.6 Å². The number of nitrogens with zero attached hydrogens (tertiary/aromatic N) is 3. The first-order valence-corrected chi connectivity index (χ1v) is 7.97. The molecule has 120 valence electrons. The van der Waals surface area contributed by atoms with Gasteiger partial charge in [0.15, 0.2) is 0 Å². The molecule has 0 bridgehead atoms.